The second-order valence-corrected chi connectivity index (χ2v) is 2.83. The monoisotopic (exact) mass is 222 g/mol. The second-order valence-electron chi connectivity index (χ2n) is 2.56. The highest BCUT2D eigenvalue weighted by Crippen LogP contribution is 2.29. The number of hydrogen-bond acceptors (Lipinski definition) is 3. The van der Waals surface area contributed by atoms with E-state index in [1.54, 1.807) is 0 Å². The lowest BCUT2D eigenvalue weighted by molar-refractivity contribution is 0.145. The first-order valence-electron chi connectivity index (χ1n) is 3.77. The molecule has 0 aliphatic heterocycles. The number of aromatic nitrogens is 1. The molecule has 6 heteroatoms. The van der Waals surface area contributed by atoms with E-state index in [4.69, 9.17) is 22.1 Å². The van der Waals surface area contributed by atoms with Crippen molar-refractivity contribution in [2.45, 2.75) is 12.3 Å². The Morgan fingerprint density at radius 1 is 1.64 bits per heavy atom. The highest BCUT2D eigenvalue weighted by molar-refractivity contribution is 6.17. The van der Waals surface area contributed by atoms with Gasteiger partial charge in [0.15, 0.2) is 0 Å². The highest BCUT2D eigenvalue weighted by atomic mass is 35.5. The van der Waals surface area contributed by atoms with E-state index in [1.165, 1.54) is 13.2 Å². The SMILES string of the molecule is COc1nc(C(F)F)cc(CCl)c1N. The molecular weight excluding hydrogens is 214 g/mol. The largest absolute Gasteiger partial charge is 0.480 e. The van der Waals surface area contributed by atoms with Crippen LogP contribution in [-0.2, 0) is 5.88 Å². The summed E-state index contributed by atoms with van der Waals surface area (Å²) in [5.74, 6) is 0.0307. The van der Waals surface area contributed by atoms with Crippen molar-refractivity contribution in [1.82, 2.24) is 4.98 Å². The van der Waals surface area contributed by atoms with Crippen LogP contribution in [0.3, 0.4) is 0 Å². The summed E-state index contributed by atoms with van der Waals surface area (Å²) in [6.07, 6.45) is -2.66. The number of ether oxygens (including phenoxy) is 1. The fourth-order valence-corrected chi connectivity index (χ4v) is 1.20. The molecule has 0 aliphatic carbocycles. The number of nitrogen functional groups attached to an aromatic ring is 1. The first-order chi connectivity index (χ1) is 6.60. The van der Waals surface area contributed by atoms with E-state index in [9.17, 15) is 8.78 Å². The molecule has 0 radical (unpaired) electrons. The minimum absolute atomic E-state index is 0.0153. The lowest BCUT2D eigenvalue weighted by Crippen LogP contribution is -2.03. The van der Waals surface area contributed by atoms with Crippen molar-refractivity contribution >= 4 is 17.3 Å². The molecule has 0 saturated carbocycles. The number of nitrogens with zero attached hydrogens (tertiary/aromatic N) is 1. The Hall–Kier alpha value is -1.10. The van der Waals surface area contributed by atoms with Gasteiger partial charge in [0.2, 0.25) is 5.88 Å². The Bertz CT molecular complexity index is 308. The van der Waals surface area contributed by atoms with Gasteiger partial charge in [0.1, 0.15) is 5.69 Å². The minimum atomic E-state index is -2.66. The van der Waals surface area contributed by atoms with Gasteiger partial charge in [0.25, 0.3) is 6.43 Å². The van der Waals surface area contributed by atoms with Crippen molar-refractivity contribution < 1.29 is 13.5 Å². The van der Waals surface area contributed by atoms with Crippen LogP contribution >= 0.6 is 11.6 Å². The molecule has 1 heterocycles. The van der Waals surface area contributed by atoms with Crippen LogP contribution in [0.4, 0.5) is 14.5 Å². The maximum atomic E-state index is 12.3. The van der Waals surface area contributed by atoms with E-state index in [0.717, 1.165) is 0 Å². The molecule has 0 aromatic carbocycles. The zero-order valence-corrected chi connectivity index (χ0v) is 8.18. The third-order valence-electron chi connectivity index (χ3n) is 1.69. The van der Waals surface area contributed by atoms with Gasteiger partial charge in [-0.1, -0.05) is 0 Å². The van der Waals surface area contributed by atoms with E-state index in [1.807, 2.05) is 0 Å². The van der Waals surface area contributed by atoms with Crippen LogP contribution in [0, 0.1) is 0 Å². The lowest BCUT2D eigenvalue weighted by Gasteiger charge is -2.09. The van der Waals surface area contributed by atoms with Gasteiger partial charge >= 0.3 is 0 Å². The smallest absolute Gasteiger partial charge is 0.280 e. The Balaban J connectivity index is 3.25. The molecule has 1 rings (SSSR count). The molecule has 1 aromatic heterocycles. The van der Waals surface area contributed by atoms with Crippen LogP contribution in [0.15, 0.2) is 6.07 Å². The first kappa shape index (κ1) is 11.0. The van der Waals surface area contributed by atoms with Gasteiger partial charge in [-0.3, -0.25) is 0 Å². The van der Waals surface area contributed by atoms with E-state index >= 15 is 0 Å². The first-order valence-corrected chi connectivity index (χ1v) is 4.31. The van der Waals surface area contributed by atoms with Crippen LogP contribution in [0.5, 0.6) is 5.88 Å². The third-order valence-corrected chi connectivity index (χ3v) is 1.98. The summed E-state index contributed by atoms with van der Waals surface area (Å²) >= 11 is 5.53. The zero-order chi connectivity index (χ0) is 10.7. The van der Waals surface area contributed by atoms with Crippen molar-refractivity contribution in [2.24, 2.45) is 0 Å². The van der Waals surface area contributed by atoms with Crippen molar-refractivity contribution in [3.63, 3.8) is 0 Å². The Morgan fingerprint density at radius 2 is 2.29 bits per heavy atom. The summed E-state index contributed by atoms with van der Waals surface area (Å²) in [6, 6.07) is 1.18. The fourth-order valence-electron chi connectivity index (χ4n) is 0.981. The molecule has 0 aliphatic rings. The molecule has 2 N–H and O–H groups in total. The topological polar surface area (TPSA) is 48.1 Å². The molecule has 0 amide bonds. The summed E-state index contributed by atoms with van der Waals surface area (Å²) in [5, 5.41) is 0. The quantitative estimate of drug-likeness (QED) is 0.799. The molecule has 3 nitrogen and oxygen atoms in total. The summed E-state index contributed by atoms with van der Waals surface area (Å²) in [6.45, 7) is 0. The number of nitrogens with two attached hydrogens (primary N) is 1. The number of alkyl halides is 3. The van der Waals surface area contributed by atoms with Gasteiger partial charge in [-0.2, -0.15) is 0 Å². The summed E-state index contributed by atoms with van der Waals surface area (Å²) in [7, 11) is 1.31. The van der Waals surface area contributed by atoms with Crippen LogP contribution < -0.4 is 10.5 Å². The van der Waals surface area contributed by atoms with Gasteiger partial charge in [0.05, 0.1) is 12.8 Å². The summed E-state index contributed by atoms with van der Waals surface area (Å²) in [4.78, 5) is 3.54. The molecule has 0 bridgehead atoms. The minimum Gasteiger partial charge on any atom is -0.480 e. The Morgan fingerprint density at radius 3 is 2.71 bits per heavy atom. The normalized spacial score (nSPS) is 10.6. The number of hydrogen-bond donors (Lipinski definition) is 1. The molecule has 0 fully saturated rings. The average molecular weight is 223 g/mol. The van der Waals surface area contributed by atoms with E-state index in [-0.39, 0.29) is 23.1 Å². The van der Waals surface area contributed by atoms with Crippen LogP contribution in [0.25, 0.3) is 0 Å². The highest BCUT2D eigenvalue weighted by Gasteiger charge is 2.15. The van der Waals surface area contributed by atoms with Gasteiger partial charge in [-0.15, -0.1) is 11.6 Å². The number of methoxy groups -OCH3 is 1. The van der Waals surface area contributed by atoms with E-state index in [0.29, 0.717) is 5.56 Å². The van der Waals surface area contributed by atoms with Crippen LogP contribution in [0.1, 0.15) is 17.7 Å². The number of pyridine rings is 1. The predicted molar refractivity (Wildman–Crippen MR) is 49.7 cm³/mol. The maximum Gasteiger partial charge on any atom is 0.280 e. The number of halogens is 3. The van der Waals surface area contributed by atoms with E-state index < -0.39 is 6.43 Å². The molecular formula is C8H9ClF2N2O. The summed E-state index contributed by atoms with van der Waals surface area (Å²) < 4.78 is 29.4. The van der Waals surface area contributed by atoms with Crippen LogP contribution in [0.2, 0.25) is 0 Å². The fraction of sp³-hybridized carbons (Fsp3) is 0.375. The lowest BCUT2D eigenvalue weighted by atomic mass is 10.2. The van der Waals surface area contributed by atoms with Crippen molar-refractivity contribution in [3.8, 4) is 5.88 Å². The molecule has 1 aromatic rings. The zero-order valence-electron chi connectivity index (χ0n) is 7.43. The standard InChI is InChI=1S/C8H9ClF2N2O/c1-14-8-6(12)4(3-9)2-5(13-8)7(10)11/h2,7H,3,12H2,1H3. The van der Waals surface area contributed by atoms with Gasteiger partial charge in [0, 0.05) is 5.88 Å². The molecule has 0 atom stereocenters. The van der Waals surface area contributed by atoms with Gasteiger partial charge in [-0.25, -0.2) is 13.8 Å². The van der Waals surface area contributed by atoms with Gasteiger partial charge in [-0.05, 0) is 11.6 Å². The molecule has 0 unspecified atom stereocenters. The number of rotatable bonds is 3. The second kappa shape index (κ2) is 4.41. The van der Waals surface area contributed by atoms with Crippen molar-refractivity contribution in [1.29, 1.82) is 0 Å². The number of anilines is 1. The molecule has 0 spiro atoms. The molecule has 0 saturated heterocycles. The van der Waals surface area contributed by atoms with Gasteiger partial charge < -0.3 is 10.5 Å². The van der Waals surface area contributed by atoms with Crippen LogP contribution in [-0.4, -0.2) is 12.1 Å². The predicted octanol–water partition coefficient (Wildman–Crippen LogP) is 2.35. The maximum absolute atomic E-state index is 12.3. The third kappa shape index (κ3) is 2.04. The van der Waals surface area contributed by atoms with E-state index in [2.05, 4.69) is 4.98 Å². The average Bonchev–Trinajstić information content (AvgIpc) is 2.17. The molecule has 14 heavy (non-hydrogen) atoms. The summed E-state index contributed by atoms with van der Waals surface area (Å²) in [5.41, 5.74) is 5.77. The Kier molecular flexibility index (Phi) is 3.46. The Labute approximate surface area is 84.8 Å². The molecule has 78 valence electrons. The van der Waals surface area contributed by atoms with Crippen molar-refractivity contribution in [3.05, 3.63) is 17.3 Å². The van der Waals surface area contributed by atoms with Crippen molar-refractivity contribution in [2.75, 3.05) is 12.8 Å².